The Morgan fingerprint density at radius 3 is 2.81 bits per heavy atom. The van der Waals surface area contributed by atoms with Crippen molar-refractivity contribution in [1.29, 1.82) is 0 Å². The van der Waals surface area contributed by atoms with Crippen LogP contribution in [-0.2, 0) is 6.54 Å². The second-order valence-corrected chi connectivity index (χ2v) is 4.33. The van der Waals surface area contributed by atoms with Crippen LogP contribution in [0.1, 0.15) is 19.8 Å². The second-order valence-electron chi connectivity index (χ2n) is 4.33. The van der Waals surface area contributed by atoms with Gasteiger partial charge in [0.1, 0.15) is 0 Å². The summed E-state index contributed by atoms with van der Waals surface area (Å²) >= 11 is 0. The maximum absolute atomic E-state index is 3.94. The molecular formula is C11H21N5. The van der Waals surface area contributed by atoms with E-state index in [0.717, 1.165) is 13.1 Å². The number of likely N-dealkylation sites (tertiary alicyclic amines) is 1. The van der Waals surface area contributed by atoms with Crippen LogP contribution in [0.15, 0.2) is 12.4 Å². The molecule has 1 aliphatic heterocycles. The number of hydrogen-bond donors (Lipinski definition) is 1. The van der Waals surface area contributed by atoms with Crippen LogP contribution in [0.5, 0.6) is 0 Å². The summed E-state index contributed by atoms with van der Waals surface area (Å²) in [6, 6.07) is 0.686. The Hall–Kier alpha value is -0.940. The first-order valence-corrected chi connectivity index (χ1v) is 6.18. The fourth-order valence-corrected chi connectivity index (χ4v) is 2.19. The molecule has 0 amide bonds. The predicted molar refractivity (Wildman–Crippen MR) is 63.2 cm³/mol. The lowest BCUT2D eigenvalue weighted by molar-refractivity contribution is 0.205. The van der Waals surface area contributed by atoms with Crippen LogP contribution in [0.2, 0.25) is 0 Å². The average Bonchev–Trinajstić information content (AvgIpc) is 2.83. The van der Waals surface area contributed by atoms with Gasteiger partial charge in [0.05, 0.1) is 12.7 Å². The van der Waals surface area contributed by atoms with Crippen LogP contribution >= 0.6 is 0 Å². The first-order chi connectivity index (χ1) is 7.88. The predicted octanol–water partition coefficient (Wildman–Crippen LogP) is 0.352. The molecular weight excluding hydrogens is 202 g/mol. The van der Waals surface area contributed by atoms with Crippen molar-refractivity contribution in [2.24, 2.45) is 0 Å². The fraction of sp³-hybridized carbons (Fsp3) is 0.818. The SMILES string of the molecule is CCN1CCC(NCCn2ccnn2)CC1. The van der Waals surface area contributed by atoms with Gasteiger partial charge in [-0.2, -0.15) is 0 Å². The Bertz CT molecular complexity index is 277. The van der Waals surface area contributed by atoms with Crippen molar-refractivity contribution < 1.29 is 0 Å². The minimum Gasteiger partial charge on any atom is -0.312 e. The van der Waals surface area contributed by atoms with Crippen molar-refractivity contribution in [2.75, 3.05) is 26.2 Å². The van der Waals surface area contributed by atoms with Crippen LogP contribution in [0.3, 0.4) is 0 Å². The van der Waals surface area contributed by atoms with Gasteiger partial charge in [0, 0.05) is 18.8 Å². The van der Waals surface area contributed by atoms with Crippen molar-refractivity contribution in [2.45, 2.75) is 32.4 Å². The lowest BCUT2D eigenvalue weighted by atomic mass is 10.1. The van der Waals surface area contributed by atoms with E-state index in [1.807, 2.05) is 10.9 Å². The van der Waals surface area contributed by atoms with Crippen molar-refractivity contribution in [3.8, 4) is 0 Å². The summed E-state index contributed by atoms with van der Waals surface area (Å²) < 4.78 is 1.87. The van der Waals surface area contributed by atoms with Crippen LogP contribution in [0.25, 0.3) is 0 Å². The standard InChI is InChI=1S/C11H21N5/c1-2-15-7-3-11(4-8-15)12-5-9-16-10-6-13-14-16/h6,10-12H,2-5,7-9H2,1H3. The average molecular weight is 223 g/mol. The number of nitrogens with zero attached hydrogens (tertiary/aromatic N) is 4. The Labute approximate surface area is 96.8 Å². The molecule has 2 rings (SSSR count). The molecule has 0 spiro atoms. The maximum atomic E-state index is 3.94. The van der Waals surface area contributed by atoms with E-state index in [2.05, 4.69) is 27.5 Å². The van der Waals surface area contributed by atoms with E-state index in [9.17, 15) is 0 Å². The number of hydrogen-bond acceptors (Lipinski definition) is 4. The lowest BCUT2D eigenvalue weighted by Gasteiger charge is -2.31. The quantitative estimate of drug-likeness (QED) is 0.782. The number of piperidine rings is 1. The fourth-order valence-electron chi connectivity index (χ4n) is 2.19. The van der Waals surface area contributed by atoms with Gasteiger partial charge in [-0.05, 0) is 32.5 Å². The maximum Gasteiger partial charge on any atom is 0.0692 e. The normalized spacial score (nSPS) is 19.1. The van der Waals surface area contributed by atoms with E-state index >= 15 is 0 Å². The van der Waals surface area contributed by atoms with E-state index in [0.29, 0.717) is 6.04 Å². The zero-order valence-electron chi connectivity index (χ0n) is 9.97. The Balaban J connectivity index is 1.60. The molecule has 0 radical (unpaired) electrons. The Morgan fingerprint density at radius 1 is 1.38 bits per heavy atom. The molecule has 5 nitrogen and oxygen atoms in total. The smallest absolute Gasteiger partial charge is 0.0692 e. The molecule has 5 heteroatoms. The summed E-state index contributed by atoms with van der Waals surface area (Å²) in [4.78, 5) is 2.51. The third-order valence-electron chi connectivity index (χ3n) is 3.28. The third-order valence-corrected chi connectivity index (χ3v) is 3.28. The molecule has 16 heavy (non-hydrogen) atoms. The third kappa shape index (κ3) is 3.28. The molecule has 90 valence electrons. The van der Waals surface area contributed by atoms with Gasteiger partial charge in [0.2, 0.25) is 0 Å². The van der Waals surface area contributed by atoms with E-state index in [4.69, 9.17) is 0 Å². The molecule has 0 atom stereocenters. The molecule has 0 aliphatic carbocycles. The highest BCUT2D eigenvalue weighted by Crippen LogP contribution is 2.09. The second kappa shape index (κ2) is 5.96. The van der Waals surface area contributed by atoms with Gasteiger partial charge >= 0.3 is 0 Å². The summed E-state index contributed by atoms with van der Waals surface area (Å²) in [5.74, 6) is 0. The van der Waals surface area contributed by atoms with E-state index in [1.165, 1.54) is 32.5 Å². The van der Waals surface area contributed by atoms with Gasteiger partial charge < -0.3 is 10.2 Å². The van der Waals surface area contributed by atoms with Crippen LogP contribution < -0.4 is 5.32 Å². The van der Waals surface area contributed by atoms with Crippen LogP contribution in [-0.4, -0.2) is 52.1 Å². The molecule has 1 aromatic rings. The van der Waals surface area contributed by atoms with Crippen molar-refractivity contribution in [3.63, 3.8) is 0 Å². The van der Waals surface area contributed by atoms with E-state index < -0.39 is 0 Å². The minimum atomic E-state index is 0.686. The highest BCUT2D eigenvalue weighted by Gasteiger charge is 2.16. The topological polar surface area (TPSA) is 46.0 Å². The molecule has 1 N–H and O–H groups in total. The van der Waals surface area contributed by atoms with Gasteiger partial charge in [-0.3, -0.25) is 4.68 Å². The van der Waals surface area contributed by atoms with Crippen LogP contribution in [0.4, 0.5) is 0 Å². The van der Waals surface area contributed by atoms with Crippen molar-refractivity contribution in [1.82, 2.24) is 25.2 Å². The molecule has 0 unspecified atom stereocenters. The monoisotopic (exact) mass is 223 g/mol. The summed E-state index contributed by atoms with van der Waals surface area (Å²) in [7, 11) is 0. The number of nitrogens with one attached hydrogen (secondary N) is 1. The van der Waals surface area contributed by atoms with Gasteiger partial charge in [-0.15, -0.1) is 5.10 Å². The summed E-state index contributed by atoms with van der Waals surface area (Å²) in [5.41, 5.74) is 0. The van der Waals surface area contributed by atoms with Crippen LogP contribution in [0, 0.1) is 0 Å². The molecule has 0 saturated carbocycles. The molecule has 1 aromatic heterocycles. The number of rotatable bonds is 5. The Kier molecular flexibility index (Phi) is 4.30. The largest absolute Gasteiger partial charge is 0.312 e. The molecule has 1 fully saturated rings. The van der Waals surface area contributed by atoms with Gasteiger partial charge in [0.25, 0.3) is 0 Å². The van der Waals surface area contributed by atoms with Crippen molar-refractivity contribution in [3.05, 3.63) is 12.4 Å². The van der Waals surface area contributed by atoms with Gasteiger partial charge in [-0.1, -0.05) is 12.1 Å². The van der Waals surface area contributed by atoms with Gasteiger partial charge in [0.15, 0.2) is 0 Å². The molecule has 2 heterocycles. The lowest BCUT2D eigenvalue weighted by Crippen LogP contribution is -2.43. The summed E-state index contributed by atoms with van der Waals surface area (Å²) in [6.45, 7) is 7.78. The highest BCUT2D eigenvalue weighted by atomic mass is 15.4. The molecule has 1 aliphatic rings. The Morgan fingerprint density at radius 2 is 2.19 bits per heavy atom. The van der Waals surface area contributed by atoms with Gasteiger partial charge in [-0.25, -0.2) is 0 Å². The minimum absolute atomic E-state index is 0.686. The van der Waals surface area contributed by atoms with Crippen molar-refractivity contribution >= 4 is 0 Å². The van der Waals surface area contributed by atoms with E-state index in [1.54, 1.807) is 6.20 Å². The van der Waals surface area contributed by atoms with E-state index in [-0.39, 0.29) is 0 Å². The summed E-state index contributed by atoms with van der Waals surface area (Å²) in [5, 5.41) is 11.3. The summed E-state index contributed by atoms with van der Waals surface area (Å²) in [6.07, 6.45) is 6.16. The molecule has 0 aromatic carbocycles. The molecule has 0 bridgehead atoms. The highest BCUT2D eigenvalue weighted by molar-refractivity contribution is 4.76. The molecule has 1 saturated heterocycles. The number of aromatic nitrogens is 3. The first-order valence-electron chi connectivity index (χ1n) is 6.18. The first kappa shape index (κ1) is 11.5. The zero-order chi connectivity index (χ0) is 11.2. The zero-order valence-corrected chi connectivity index (χ0v) is 9.97.